The number of fused-ring (bicyclic) bond motifs is 3. The predicted molar refractivity (Wildman–Crippen MR) is 221 cm³/mol. The first-order valence-electron chi connectivity index (χ1n) is 17.9. The van der Waals surface area contributed by atoms with E-state index in [9.17, 15) is 0 Å². The molecule has 0 aromatic heterocycles. The number of nitrogens with zero attached hydrogens (tertiary/aromatic N) is 3. The molecule has 242 valence electrons. The normalized spacial score (nSPS) is 14.0. The maximum atomic E-state index is 2.56. The van der Waals surface area contributed by atoms with Crippen LogP contribution in [-0.2, 0) is 0 Å². The van der Waals surface area contributed by atoms with Crippen LogP contribution in [0.15, 0.2) is 182 Å². The second-order valence-electron chi connectivity index (χ2n) is 13.9. The van der Waals surface area contributed by atoms with Crippen molar-refractivity contribution in [1.82, 2.24) is 0 Å². The van der Waals surface area contributed by atoms with Gasteiger partial charge in [-0.2, -0.15) is 0 Å². The van der Waals surface area contributed by atoms with E-state index >= 15 is 0 Å². The summed E-state index contributed by atoms with van der Waals surface area (Å²) < 4.78 is 4.66. The SMILES string of the molecule is c1cc2[c]3c(c1)N(c1ccc4ccccc4c1)c1cccc4[c]1[Bi]3[c]1c(cccc1N4c1ccc3ccccc3c1)N2c1ccc2ccccc2c1. The summed E-state index contributed by atoms with van der Waals surface area (Å²) in [7, 11) is 0. The molecule has 12 rings (SSSR count). The second kappa shape index (κ2) is 10.8. The molecule has 0 N–H and O–H groups in total. The molecule has 0 saturated carbocycles. The molecule has 0 bridgehead atoms. The van der Waals surface area contributed by atoms with Crippen LogP contribution in [0.2, 0.25) is 0 Å². The minimum atomic E-state index is -2.94. The van der Waals surface area contributed by atoms with E-state index in [0.29, 0.717) is 0 Å². The summed E-state index contributed by atoms with van der Waals surface area (Å²) in [6.45, 7) is 0. The monoisotopic (exact) mass is 857 g/mol. The molecule has 0 fully saturated rings. The molecule has 0 spiro atoms. The van der Waals surface area contributed by atoms with Crippen LogP contribution in [0.5, 0.6) is 0 Å². The van der Waals surface area contributed by atoms with Gasteiger partial charge >= 0.3 is 312 Å². The molecule has 0 saturated heterocycles. The Bertz CT molecular complexity index is 2580. The van der Waals surface area contributed by atoms with Crippen LogP contribution in [0.4, 0.5) is 51.2 Å². The van der Waals surface area contributed by atoms with Gasteiger partial charge in [0, 0.05) is 0 Å². The third kappa shape index (κ3) is 3.93. The molecule has 9 aromatic carbocycles. The van der Waals surface area contributed by atoms with Crippen molar-refractivity contribution in [1.29, 1.82) is 0 Å². The summed E-state index contributed by atoms with van der Waals surface area (Å²) >= 11 is -2.94. The number of benzene rings is 9. The Labute approximate surface area is 309 Å². The fourth-order valence-electron chi connectivity index (χ4n) is 8.84. The van der Waals surface area contributed by atoms with Crippen molar-refractivity contribution in [3.8, 4) is 0 Å². The third-order valence-corrected chi connectivity index (χ3v) is 21.6. The van der Waals surface area contributed by atoms with Gasteiger partial charge in [-0.25, -0.2) is 0 Å². The van der Waals surface area contributed by atoms with E-state index in [1.54, 1.807) is 9.81 Å². The Hall–Kier alpha value is -5.96. The summed E-state index contributed by atoms with van der Waals surface area (Å²) in [5.74, 6) is 0. The van der Waals surface area contributed by atoms with Crippen LogP contribution in [-0.4, -0.2) is 21.8 Å². The van der Waals surface area contributed by atoms with Gasteiger partial charge in [-0.15, -0.1) is 0 Å². The number of hydrogen-bond acceptors (Lipinski definition) is 3. The Morgan fingerprint density at radius 3 is 0.808 bits per heavy atom. The zero-order chi connectivity index (χ0) is 33.9. The van der Waals surface area contributed by atoms with Gasteiger partial charge in [0.1, 0.15) is 0 Å². The minimum absolute atomic E-state index is 1.20. The molecule has 52 heavy (non-hydrogen) atoms. The van der Waals surface area contributed by atoms with Crippen LogP contribution >= 0.6 is 0 Å². The molecule has 0 unspecified atom stereocenters. The van der Waals surface area contributed by atoms with Crippen LogP contribution in [0, 0.1) is 0 Å². The first-order chi connectivity index (χ1) is 25.8. The molecule has 0 aliphatic carbocycles. The summed E-state index contributed by atoms with van der Waals surface area (Å²) in [5.41, 5.74) is 11.5. The van der Waals surface area contributed by atoms with Crippen LogP contribution in [0.1, 0.15) is 0 Å². The summed E-state index contributed by atoms with van der Waals surface area (Å²) in [4.78, 5) is 7.68. The van der Waals surface area contributed by atoms with Crippen molar-refractivity contribution in [2.75, 3.05) is 14.7 Å². The Morgan fingerprint density at radius 1 is 0.250 bits per heavy atom. The molecular weight excluding hydrogens is 828 g/mol. The van der Waals surface area contributed by atoms with Gasteiger partial charge in [0.15, 0.2) is 0 Å². The molecule has 3 aliphatic heterocycles. The summed E-state index contributed by atoms with van der Waals surface area (Å²) in [5, 5.41) is 7.53. The van der Waals surface area contributed by atoms with Crippen LogP contribution in [0.3, 0.4) is 0 Å². The van der Waals surface area contributed by atoms with Crippen LogP contribution < -0.4 is 24.5 Å². The molecule has 3 aliphatic rings. The van der Waals surface area contributed by atoms with Crippen molar-refractivity contribution >= 4 is 115 Å². The molecule has 4 heteroatoms. The van der Waals surface area contributed by atoms with E-state index in [2.05, 4.69) is 197 Å². The Kier molecular flexibility index (Phi) is 5.95. The quantitative estimate of drug-likeness (QED) is 0.164. The fourth-order valence-corrected chi connectivity index (χ4v) is 20.9. The van der Waals surface area contributed by atoms with Crippen molar-refractivity contribution in [2.45, 2.75) is 0 Å². The zero-order valence-electron chi connectivity index (χ0n) is 28.1. The van der Waals surface area contributed by atoms with E-state index in [-0.39, 0.29) is 0 Å². The topological polar surface area (TPSA) is 9.72 Å². The second-order valence-corrected chi connectivity index (χ2v) is 21.7. The van der Waals surface area contributed by atoms with Crippen LogP contribution in [0.25, 0.3) is 32.3 Å². The molecule has 3 nitrogen and oxygen atoms in total. The van der Waals surface area contributed by atoms with Gasteiger partial charge in [-0.3, -0.25) is 0 Å². The molecule has 0 amide bonds. The summed E-state index contributed by atoms with van der Waals surface area (Å²) in [6, 6.07) is 68.1. The maximum absolute atomic E-state index is 2.94. The van der Waals surface area contributed by atoms with Crippen molar-refractivity contribution in [2.24, 2.45) is 0 Å². The first kappa shape index (κ1) is 28.7. The van der Waals surface area contributed by atoms with Gasteiger partial charge < -0.3 is 0 Å². The van der Waals surface area contributed by atoms with E-state index in [0.717, 1.165) is 0 Å². The van der Waals surface area contributed by atoms with Gasteiger partial charge in [-0.1, -0.05) is 0 Å². The molecule has 0 atom stereocenters. The fraction of sp³-hybridized carbons (Fsp3) is 0. The Balaban J connectivity index is 1.19. The van der Waals surface area contributed by atoms with Gasteiger partial charge in [0.05, 0.1) is 0 Å². The van der Waals surface area contributed by atoms with Crippen molar-refractivity contribution < 1.29 is 0 Å². The number of rotatable bonds is 3. The van der Waals surface area contributed by atoms with E-state index in [4.69, 9.17) is 0 Å². The summed E-state index contributed by atoms with van der Waals surface area (Å²) in [6.07, 6.45) is 0. The van der Waals surface area contributed by atoms with E-state index < -0.39 is 21.8 Å². The number of anilines is 9. The van der Waals surface area contributed by atoms with E-state index in [1.807, 2.05) is 0 Å². The predicted octanol–water partition coefficient (Wildman–Crippen LogP) is 11.0. The Morgan fingerprint density at radius 2 is 0.519 bits per heavy atom. The van der Waals surface area contributed by atoms with Gasteiger partial charge in [0.25, 0.3) is 0 Å². The van der Waals surface area contributed by atoms with Gasteiger partial charge in [-0.05, 0) is 0 Å². The van der Waals surface area contributed by atoms with E-state index in [1.165, 1.54) is 83.5 Å². The van der Waals surface area contributed by atoms with Crippen molar-refractivity contribution in [3.05, 3.63) is 182 Å². The van der Waals surface area contributed by atoms with Gasteiger partial charge in [0.2, 0.25) is 0 Å². The molecule has 9 aromatic rings. The first-order valence-corrected chi connectivity index (χ1v) is 23.1. The molecular formula is C48H30BiN3. The van der Waals surface area contributed by atoms with Crippen molar-refractivity contribution in [3.63, 3.8) is 0 Å². The molecule has 3 heterocycles. The average molecular weight is 858 g/mol. The zero-order valence-corrected chi connectivity index (χ0v) is 31.6. The number of hydrogen-bond donors (Lipinski definition) is 0. The third-order valence-electron chi connectivity index (χ3n) is 11.1. The molecule has 0 radical (unpaired) electrons. The standard InChI is InChI=1S/C48H30N3.Bi/c1-4-13-37-28-46(25-22-34(37)10-1)49-40-16-7-18-42(31-40)50(47-26-23-35-11-2-5-14-38(35)29-47)44-20-9-21-45(33-44)51(43-19-8-17-41(49)32-43)48-27-24-36-12-3-6-15-39(36)30-48;/h1-30H;. The average Bonchev–Trinajstić information content (AvgIpc) is 3.20.